The Kier molecular flexibility index (Phi) is 5.22. The molecule has 4 rings (SSSR count). The van der Waals surface area contributed by atoms with E-state index in [1.807, 2.05) is 9.58 Å². The first kappa shape index (κ1) is 18.2. The predicted molar refractivity (Wildman–Crippen MR) is 97.6 cm³/mol. The SMILES string of the molecule is O=C(CSc1nnnn1C1CC1)N(C1CCCCC1)C1CCS(=O)(=O)C1. The van der Waals surface area contributed by atoms with Crippen molar-refractivity contribution in [2.24, 2.45) is 0 Å². The van der Waals surface area contributed by atoms with Gasteiger partial charge in [0.15, 0.2) is 9.84 Å². The molecule has 8 nitrogen and oxygen atoms in total. The number of amides is 1. The van der Waals surface area contributed by atoms with Gasteiger partial charge in [0, 0.05) is 12.1 Å². The smallest absolute Gasteiger partial charge is 0.233 e. The summed E-state index contributed by atoms with van der Waals surface area (Å²) in [6.45, 7) is 0. The summed E-state index contributed by atoms with van der Waals surface area (Å²) in [5.74, 6) is 0.593. The third kappa shape index (κ3) is 4.05. The molecule has 3 fully saturated rings. The number of carbonyl (C=O) groups excluding carboxylic acids is 1. The number of carbonyl (C=O) groups is 1. The standard InChI is InChI=1S/C16H25N5O3S2/c22-15(10-25-16-17-18-19-21(16)13-6-7-13)20(12-4-2-1-3-5-12)14-8-9-26(23,24)11-14/h12-14H,1-11H2. The molecule has 2 heterocycles. The summed E-state index contributed by atoms with van der Waals surface area (Å²) in [5, 5.41) is 12.5. The van der Waals surface area contributed by atoms with Crippen LogP contribution in [0.15, 0.2) is 5.16 Å². The maximum Gasteiger partial charge on any atom is 0.233 e. The van der Waals surface area contributed by atoms with E-state index in [4.69, 9.17) is 0 Å². The average Bonchev–Trinajstić information content (AvgIpc) is 3.26. The molecule has 0 aromatic carbocycles. The molecule has 1 unspecified atom stereocenters. The summed E-state index contributed by atoms with van der Waals surface area (Å²) in [6.07, 6.45) is 8.12. The zero-order chi connectivity index (χ0) is 18.1. The number of rotatable bonds is 6. The van der Waals surface area contributed by atoms with Crippen molar-refractivity contribution in [3.8, 4) is 0 Å². The molecule has 0 radical (unpaired) electrons. The number of thioether (sulfide) groups is 1. The van der Waals surface area contributed by atoms with Gasteiger partial charge in [-0.2, -0.15) is 0 Å². The lowest BCUT2D eigenvalue weighted by atomic mass is 9.93. The quantitative estimate of drug-likeness (QED) is 0.668. The fourth-order valence-corrected chi connectivity index (χ4v) is 6.61. The minimum absolute atomic E-state index is 0.0225. The van der Waals surface area contributed by atoms with Gasteiger partial charge in [0.1, 0.15) is 0 Å². The van der Waals surface area contributed by atoms with Crippen LogP contribution in [-0.2, 0) is 14.6 Å². The lowest BCUT2D eigenvalue weighted by Gasteiger charge is -2.38. The predicted octanol–water partition coefficient (Wildman–Crippen LogP) is 1.45. The number of nitrogens with zero attached hydrogens (tertiary/aromatic N) is 5. The van der Waals surface area contributed by atoms with Gasteiger partial charge in [0.2, 0.25) is 11.1 Å². The van der Waals surface area contributed by atoms with Gasteiger partial charge in [0.25, 0.3) is 0 Å². The molecular formula is C16H25N5O3S2. The van der Waals surface area contributed by atoms with E-state index >= 15 is 0 Å². The molecule has 0 N–H and O–H groups in total. The molecule has 2 saturated carbocycles. The number of hydrogen-bond acceptors (Lipinski definition) is 7. The van der Waals surface area contributed by atoms with E-state index in [-0.39, 0.29) is 35.2 Å². The van der Waals surface area contributed by atoms with Crippen LogP contribution in [-0.4, -0.2) is 68.8 Å². The van der Waals surface area contributed by atoms with Crippen LogP contribution < -0.4 is 0 Å². The zero-order valence-electron chi connectivity index (χ0n) is 14.8. The Morgan fingerprint density at radius 1 is 1.12 bits per heavy atom. The van der Waals surface area contributed by atoms with Crippen molar-refractivity contribution in [2.45, 2.75) is 74.6 Å². The van der Waals surface area contributed by atoms with E-state index in [0.717, 1.165) is 38.5 Å². The second-order valence-corrected chi connectivity index (χ2v) is 10.7. The summed E-state index contributed by atoms with van der Waals surface area (Å²) in [6, 6.07) is 0.377. The van der Waals surface area contributed by atoms with Crippen LogP contribution >= 0.6 is 11.8 Å². The second-order valence-electron chi connectivity index (χ2n) is 7.58. The first-order chi connectivity index (χ1) is 12.5. The molecule has 1 atom stereocenters. The Morgan fingerprint density at radius 2 is 1.88 bits per heavy atom. The van der Waals surface area contributed by atoms with E-state index in [1.165, 1.54) is 18.2 Å². The van der Waals surface area contributed by atoms with Crippen LogP contribution in [0, 0.1) is 0 Å². The van der Waals surface area contributed by atoms with Gasteiger partial charge in [-0.05, 0) is 42.5 Å². The van der Waals surface area contributed by atoms with Crippen LogP contribution in [0.1, 0.15) is 57.4 Å². The highest BCUT2D eigenvalue weighted by molar-refractivity contribution is 7.99. The lowest BCUT2D eigenvalue weighted by molar-refractivity contribution is -0.133. The minimum atomic E-state index is -3.02. The van der Waals surface area contributed by atoms with Gasteiger partial charge < -0.3 is 4.90 Å². The molecule has 1 aliphatic heterocycles. The van der Waals surface area contributed by atoms with Crippen LogP contribution in [0.2, 0.25) is 0 Å². The van der Waals surface area contributed by atoms with Gasteiger partial charge >= 0.3 is 0 Å². The molecule has 26 heavy (non-hydrogen) atoms. The van der Waals surface area contributed by atoms with Gasteiger partial charge in [-0.3, -0.25) is 4.79 Å². The zero-order valence-corrected chi connectivity index (χ0v) is 16.4. The third-order valence-corrected chi connectivity index (χ3v) is 8.21. The Morgan fingerprint density at radius 3 is 2.54 bits per heavy atom. The molecule has 2 aliphatic carbocycles. The fourth-order valence-electron chi connectivity index (χ4n) is 4.09. The molecular weight excluding hydrogens is 374 g/mol. The van der Waals surface area contributed by atoms with Gasteiger partial charge in [-0.1, -0.05) is 31.0 Å². The number of sulfone groups is 1. The molecule has 0 bridgehead atoms. The maximum atomic E-state index is 13.1. The van der Waals surface area contributed by atoms with Crippen LogP contribution in [0.3, 0.4) is 0 Å². The van der Waals surface area contributed by atoms with Crippen molar-refractivity contribution in [1.82, 2.24) is 25.1 Å². The molecule has 144 valence electrons. The molecule has 1 saturated heterocycles. The van der Waals surface area contributed by atoms with Gasteiger partial charge in [-0.15, -0.1) is 5.10 Å². The molecule has 3 aliphatic rings. The molecule has 10 heteroatoms. The van der Waals surface area contributed by atoms with E-state index in [2.05, 4.69) is 15.5 Å². The monoisotopic (exact) mass is 399 g/mol. The summed E-state index contributed by atoms with van der Waals surface area (Å²) in [5.41, 5.74) is 0. The van der Waals surface area contributed by atoms with Crippen molar-refractivity contribution in [3.63, 3.8) is 0 Å². The van der Waals surface area contributed by atoms with Gasteiger partial charge in [0.05, 0.1) is 23.3 Å². The highest BCUT2D eigenvalue weighted by atomic mass is 32.2. The summed E-state index contributed by atoms with van der Waals surface area (Å²) in [7, 11) is -3.02. The van der Waals surface area contributed by atoms with Crippen molar-refractivity contribution in [3.05, 3.63) is 0 Å². The van der Waals surface area contributed by atoms with Crippen LogP contribution in [0.25, 0.3) is 0 Å². The molecule has 1 aromatic rings. The van der Waals surface area contributed by atoms with E-state index in [0.29, 0.717) is 17.6 Å². The lowest BCUT2D eigenvalue weighted by Crippen LogP contribution is -2.49. The van der Waals surface area contributed by atoms with Crippen molar-refractivity contribution < 1.29 is 13.2 Å². The van der Waals surface area contributed by atoms with E-state index in [1.54, 1.807) is 0 Å². The first-order valence-corrected chi connectivity index (χ1v) is 12.3. The number of tetrazole rings is 1. The maximum absolute atomic E-state index is 13.1. The number of aromatic nitrogens is 4. The molecule has 1 amide bonds. The van der Waals surface area contributed by atoms with E-state index in [9.17, 15) is 13.2 Å². The van der Waals surface area contributed by atoms with Crippen molar-refractivity contribution in [2.75, 3.05) is 17.3 Å². The first-order valence-electron chi connectivity index (χ1n) is 9.46. The Bertz CT molecular complexity index is 756. The fraction of sp³-hybridized carbons (Fsp3) is 0.875. The van der Waals surface area contributed by atoms with Crippen LogP contribution in [0.4, 0.5) is 0 Å². The highest BCUT2D eigenvalue weighted by Gasteiger charge is 2.38. The van der Waals surface area contributed by atoms with Crippen molar-refractivity contribution >= 4 is 27.5 Å². The normalized spacial score (nSPS) is 26.1. The van der Waals surface area contributed by atoms with Gasteiger partial charge in [-0.25, -0.2) is 13.1 Å². The Hall–Kier alpha value is -1.16. The second kappa shape index (κ2) is 7.46. The summed E-state index contributed by atoms with van der Waals surface area (Å²) < 4.78 is 25.7. The topological polar surface area (TPSA) is 98.1 Å². The average molecular weight is 400 g/mol. The van der Waals surface area contributed by atoms with Crippen LogP contribution in [0.5, 0.6) is 0 Å². The molecule has 1 aromatic heterocycles. The van der Waals surface area contributed by atoms with Crippen molar-refractivity contribution in [1.29, 1.82) is 0 Å². The Labute approximate surface area is 158 Å². The molecule has 0 spiro atoms. The number of hydrogen-bond donors (Lipinski definition) is 0. The van der Waals surface area contributed by atoms with E-state index < -0.39 is 9.84 Å². The summed E-state index contributed by atoms with van der Waals surface area (Å²) in [4.78, 5) is 15.0. The highest BCUT2D eigenvalue weighted by Crippen LogP contribution is 2.36. The largest absolute Gasteiger partial charge is 0.335 e. The summed E-state index contributed by atoms with van der Waals surface area (Å²) >= 11 is 1.37. The Balaban J connectivity index is 1.45. The minimum Gasteiger partial charge on any atom is -0.335 e. The third-order valence-electron chi connectivity index (χ3n) is 5.54.